The lowest BCUT2D eigenvalue weighted by molar-refractivity contribution is -0.139. The van der Waals surface area contributed by atoms with E-state index in [1.54, 1.807) is 0 Å². The van der Waals surface area contributed by atoms with Gasteiger partial charge in [0.05, 0.1) is 17.8 Å². The minimum Gasteiger partial charge on any atom is -0.481 e. The lowest BCUT2D eigenvalue weighted by atomic mass is 10.0. The first-order chi connectivity index (χ1) is 9.75. The van der Waals surface area contributed by atoms with E-state index in [0.717, 1.165) is 12.1 Å². The molecule has 0 amide bonds. The van der Waals surface area contributed by atoms with Crippen LogP contribution >= 0.6 is 0 Å². The average molecular weight is 306 g/mol. The highest BCUT2D eigenvalue weighted by molar-refractivity contribution is 5.66. The largest absolute Gasteiger partial charge is 0.481 e. The van der Waals surface area contributed by atoms with Gasteiger partial charge in [-0.1, -0.05) is 0 Å². The molecule has 0 aliphatic carbocycles. The van der Waals surface area contributed by atoms with Gasteiger partial charge in [-0.25, -0.2) is 4.39 Å². The van der Waals surface area contributed by atoms with Crippen LogP contribution in [0.3, 0.4) is 0 Å². The van der Waals surface area contributed by atoms with E-state index < -0.39 is 29.6 Å². The van der Waals surface area contributed by atoms with Crippen LogP contribution in [0.2, 0.25) is 0 Å². The number of halogens is 4. The van der Waals surface area contributed by atoms with Crippen molar-refractivity contribution in [2.45, 2.75) is 44.1 Å². The van der Waals surface area contributed by atoms with Gasteiger partial charge in [-0.2, -0.15) is 13.2 Å². The third-order valence-electron chi connectivity index (χ3n) is 3.41. The lowest BCUT2D eigenvalue weighted by Crippen LogP contribution is -2.11. The van der Waals surface area contributed by atoms with Crippen LogP contribution in [0.1, 0.15) is 42.9 Å². The summed E-state index contributed by atoms with van der Waals surface area (Å²) in [6.07, 6.45) is -4.31. The molecule has 0 radical (unpaired) electrons. The molecule has 0 bridgehead atoms. The summed E-state index contributed by atoms with van der Waals surface area (Å²) in [7, 11) is 0. The molecule has 0 saturated carbocycles. The maximum Gasteiger partial charge on any atom is 0.416 e. The molecule has 2 rings (SSSR count). The van der Waals surface area contributed by atoms with Crippen LogP contribution in [0.15, 0.2) is 18.2 Å². The van der Waals surface area contributed by atoms with Gasteiger partial charge in [-0.15, -0.1) is 0 Å². The van der Waals surface area contributed by atoms with Gasteiger partial charge >= 0.3 is 12.1 Å². The molecule has 1 heterocycles. The summed E-state index contributed by atoms with van der Waals surface area (Å²) in [6.45, 7) is 0. The summed E-state index contributed by atoms with van der Waals surface area (Å²) < 4.78 is 56.8. The predicted molar refractivity (Wildman–Crippen MR) is 65.1 cm³/mol. The first-order valence-electron chi connectivity index (χ1n) is 6.50. The van der Waals surface area contributed by atoms with Crippen molar-refractivity contribution >= 4 is 5.97 Å². The zero-order valence-electron chi connectivity index (χ0n) is 11.0. The van der Waals surface area contributed by atoms with Crippen LogP contribution in [0.25, 0.3) is 0 Å². The van der Waals surface area contributed by atoms with Gasteiger partial charge in [0.25, 0.3) is 0 Å². The molecule has 21 heavy (non-hydrogen) atoms. The van der Waals surface area contributed by atoms with Gasteiger partial charge in [0.15, 0.2) is 0 Å². The second-order valence-electron chi connectivity index (χ2n) is 5.03. The van der Waals surface area contributed by atoms with Crippen LogP contribution in [0, 0.1) is 5.82 Å². The van der Waals surface area contributed by atoms with Gasteiger partial charge in [-0.05, 0) is 43.0 Å². The van der Waals surface area contributed by atoms with E-state index in [1.165, 1.54) is 0 Å². The maximum atomic E-state index is 13.3. The molecule has 1 aromatic carbocycles. The van der Waals surface area contributed by atoms with Crippen LogP contribution in [0.4, 0.5) is 17.6 Å². The van der Waals surface area contributed by atoms with Crippen molar-refractivity contribution in [2.75, 3.05) is 0 Å². The Morgan fingerprint density at radius 2 is 2.00 bits per heavy atom. The summed E-state index contributed by atoms with van der Waals surface area (Å²) in [4.78, 5) is 10.5. The highest BCUT2D eigenvalue weighted by Crippen LogP contribution is 2.37. The number of carboxylic acid groups (broad SMARTS) is 1. The average Bonchev–Trinajstić information content (AvgIpc) is 2.83. The van der Waals surface area contributed by atoms with Crippen molar-refractivity contribution in [3.8, 4) is 0 Å². The van der Waals surface area contributed by atoms with E-state index in [9.17, 15) is 22.4 Å². The molecule has 1 aromatic rings. The standard InChI is InChI=1S/C14H14F4O3/c15-10-6-8(5-9(7-10)14(16,17)18)12-3-1-11(21-12)2-4-13(19)20/h5-7,11-12H,1-4H2,(H,19,20). The van der Waals surface area contributed by atoms with Gasteiger partial charge in [0, 0.05) is 6.42 Å². The normalized spacial score (nSPS) is 22.5. The Morgan fingerprint density at radius 1 is 1.29 bits per heavy atom. The highest BCUT2D eigenvalue weighted by Gasteiger charge is 2.33. The summed E-state index contributed by atoms with van der Waals surface area (Å²) in [5.74, 6) is -1.91. The highest BCUT2D eigenvalue weighted by atomic mass is 19.4. The molecule has 1 aliphatic rings. The molecule has 7 heteroatoms. The summed E-state index contributed by atoms with van der Waals surface area (Å²) in [6, 6.07) is 2.35. The van der Waals surface area contributed by atoms with E-state index in [2.05, 4.69) is 0 Å². The first kappa shape index (κ1) is 15.8. The Bertz CT molecular complexity index is 527. The monoisotopic (exact) mass is 306 g/mol. The van der Waals surface area contributed by atoms with Gasteiger partial charge < -0.3 is 9.84 Å². The number of ether oxygens (including phenoxy) is 1. The van der Waals surface area contributed by atoms with E-state index in [4.69, 9.17) is 9.84 Å². The molecule has 116 valence electrons. The fourth-order valence-electron chi connectivity index (χ4n) is 2.41. The fourth-order valence-corrected chi connectivity index (χ4v) is 2.41. The van der Waals surface area contributed by atoms with Crippen LogP contribution < -0.4 is 0 Å². The molecule has 1 fully saturated rings. The molecule has 1 aliphatic heterocycles. The predicted octanol–water partition coefficient (Wildman–Crippen LogP) is 3.93. The molecular formula is C14H14F4O3. The third kappa shape index (κ3) is 4.17. The van der Waals surface area contributed by atoms with Crippen LogP contribution in [-0.4, -0.2) is 17.2 Å². The molecule has 2 atom stereocenters. The second-order valence-corrected chi connectivity index (χ2v) is 5.03. The van der Waals surface area contributed by atoms with Crippen molar-refractivity contribution in [3.05, 3.63) is 35.1 Å². The zero-order chi connectivity index (χ0) is 15.6. The molecule has 1 saturated heterocycles. The van der Waals surface area contributed by atoms with Crippen molar-refractivity contribution in [1.82, 2.24) is 0 Å². The van der Waals surface area contributed by atoms with Crippen molar-refractivity contribution in [1.29, 1.82) is 0 Å². The Morgan fingerprint density at radius 3 is 2.62 bits per heavy atom. The van der Waals surface area contributed by atoms with E-state index in [0.29, 0.717) is 25.3 Å². The Labute approximate surface area is 118 Å². The number of benzene rings is 1. The SMILES string of the molecule is O=C(O)CCC1CCC(c2cc(F)cc(C(F)(F)F)c2)O1. The topological polar surface area (TPSA) is 46.5 Å². The number of hydrogen-bond acceptors (Lipinski definition) is 2. The van der Waals surface area contributed by atoms with Gasteiger partial charge in [0.1, 0.15) is 5.82 Å². The van der Waals surface area contributed by atoms with Crippen molar-refractivity contribution in [3.63, 3.8) is 0 Å². The molecule has 2 unspecified atom stereocenters. The van der Waals surface area contributed by atoms with Gasteiger partial charge in [0.2, 0.25) is 0 Å². The smallest absolute Gasteiger partial charge is 0.416 e. The Hall–Kier alpha value is -1.63. The number of aliphatic carboxylic acids is 1. The molecule has 3 nitrogen and oxygen atoms in total. The lowest BCUT2D eigenvalue weighted by Gasteiger charge is -2.15. The molecular weight excluding hydrogens is 292 g/mol. The van der Waals surface area contributed by atoms with E-state index in [1.807, 2.05) is 0 Å². The van der Waals surface area contributed by atoms with Crippen LogP contribution in [-0.2, 0) is 15.7 Å². The van der Waals surface area contributed by atoms with E-state index in [-0.39, 0.29) is 18.1 Å². The number of carboxylic acids is 1. The zero-order valence-corrected chi connectivity index (χ0v) is 11.0. The summed E-state index contributed by atoms with van der Waals surface area (Å²) in [5.41, 5.74) is -0.907. The molecule has 1 N–H and O–H groups in total. The van der Waals surface area contributed by atoms with E-state index >= 15 is 0 Å². The minimum absolute atomic E-state index is 0.0612. The summed E-state index contributed by atoms with van der Waals surface area (Å²) >= 11 is 0. The van der Waals surface area contributed by atoms with Crippen molar-refractivity contribution in [2.24, 2.45) is 0 Å². The molecule has 0 aromatic heterocycles. The third-order valence-corrected chi connectivity index (χ3v) is 3.41. The summed E-state index contributed by atoms with van der Waals surface area (Å²) in [5, 5.41) is 8.59. The fraction of sp³-hybridized carbons (Fsp3) is 0.500. The number of carbonyl (C=O) groups is 1. The Kier molecular flexibility index (Phi) is 4.51. The van der Waals surface area contributed by atoms with Crippen molar-refractivity contribution < 1.29 is 32.2 Å². The second kappa shape index (κ2) is 6.01. The number of alkyl halides is 3. The Balaban J connectivity index is 2.09. The minimum atomic E-state index is -4.61. The number of hydrogen-bond donors (Lipinski definition) is 1. The molecule has 0 spiro atoms. The van der Waals surface area contributed by atoms with Crippen LogP contribution in [0.5, 0.6) is 0 Å². The number of rotatable bonds is 4. The van der Waals surface area contributed by atoms with Gasteiger partial charge in [-0.3, -0.25) is 4.79 Å². The maximum absolute atomic E-state index is 13.3. The first-order valence-corrected chi connectivity index (χ1v) is 6.50. The quantitative estimate of drug-likeness (QED) is 0.857.